The fraction of sp³-hybridized carbons (Fsp3) is 0.125. The van der Waals surface area contributed by atoms with Crippen molar-refractivity contribution in [3.63, 3.8) is 0 Å². The SMILES string of the molecule is COc1ccc(CNC(=S)NC(=O)c2cccc(I)c2)cc1. The molecule has 0 aliphatic rings. The third-order valence-electron chi connectivity index (χ3n) is 2.93. The number of rotatable bonds is 4. The second-order valence-electron chi connectivity index (χ2n) is 4.50. The van der Waals surface area contributed by atoms with Gasteiger partial charge < -0.3 is 10.1 Å². The highest BCUT2D eigenvalue weighted by Crippen LogP contribution is 2.11. The molecule has 0 aromatic heterocycles. The van der Waals surface area contributed by atoms with Gasteiger partial charge in [-0.05, 0) is 70.7 Å². The molecule has 6 heteroatoms. The van der Waals surface area contributed by atoms with E-state index in [9.17, 15) is 4.79 Å². The Bertz CT molecular complexity index is 674. The standard InChI is InChI=1S/C16H15IN2O2S/c1-21-14-7-5-11(6-8-14)10-18-16(22)19-15(20)12-3-2-4-13(17)9-12/h2-9H,10H2,1H3,(H2,18,19,20,22). The number of benzene rings is 2. The van der Waals surface area contributed by atoms with Gasteiger partial charge in [0.05, 0.1) is 7.11 Å². The highest BCUT2D eigenvalue weighted by molar-refractivity contribution is 14.1. The molecular weight excluding hydrogens is 411 g/mol. The summed E-state index contributed by atoms with van der Waals surface area (Å²) in [6.07, 6.45) is 0. The van der Waals surface area contributed by atoms with Crippen LogP contribution in [-0.4, -0.2) is 18.1 Å². The van der Waals surface area contributed by atoms with Crippen LogP contribution in [0.15, 0.2) is 48.5 Å². The van der Waals surface area contributed by atoms with Crippen LogP contribution in [0.2, 0.25) is 0 Å². The second-order valence-corrected chi connectivity index (χ2v) is 6.15. The molecule has 2 aromatic carbocycles. The summed E-state index contributed by atoms with van der Waals surface area (Å²) in [6.45, 7) is 0.537. The third-order valence-corrected chi connectivity index (χ3v) is 3.84. The van der Waals surface area contributed by atoms with Gasteiger partial charge in [-0.15, -0.1) is 0 Å². The Labute approximate surface area is 148 Å². The average Bonchev–Trinajstić information content (AvgIpc) is 2.53. The fourth-order valence-corrected chi connectivity index (χ4v) is 2.48. The maximum Gasteiger partial charge on any atom is 0.257 e. The first-order chi connectivity index (χ1) is 10.6. The summed E-state index contributed by atoms with van der Waals surface area (Å²) in [6, 6.07) is 15.0. The highest BCUT2D eigenvalue weighted by atomic mass is 127. The van der Waals surface area contributed by atoms with Crippen molar-refractivity contribution < 1.29 is 9.53 Å². The molecule has 0 spiro atoms. The van der Waals surface area contributed by atoms with Crippen LogP contribution in [0.25, 0.3) is 0 Å². The van der Waals surface area contributed by atoms with Crippen LogP contribution in [0.3, 0.4) is 0 Å². The van der Waals surface area contributed by atoms with E-state index in [2.05, 4.69) is 33.2 Å². The summed E-state index contributed by atoms with van der Waals surface area (Å²) in [5.74, 6) is 0.587. The summed E-state index contributed by atoms with van der Waals surface area (Å²) >= 11 is 7.31. The Morgan fingerprint density at radius 1 is 1.23 bits per heavy atom. The van der Waals surface area contributed by atoms with Crippen molar-refractivity contribution in [3.05, 3.63) is 63.2 Å². The van der Waals surface area contributed by atoms with Crippen LogP contribution in [-0.2, 0) is 6.54 Å². The van der Waals surface area contributed by atoms with Crippen LogP contribution in [0.4, 0.5) is 0 Å². The van der Waals surface area contributed by atoms with Crippen LogP contribution in [0, 0.1) is 3.57 Å². The van der Waals surface area contributed by atoms with E-state index in [0.717, 1.165) is 14.9 Å². The molecule has 0 radical (unpaired) electrons. The van der Waals surface area contributed by atoms with Crippen LogP contribution < -0.4 is 15.4 Å². The number of amides is 1. The fourth-order valence-electron chi connectivity index (χ4n) is 1.77. The van der Waals surface area contributed by atoms with Gasteiger partial charge >= 0.3 is 0 Å². The van der Waals surface area contributed by atoms with E-state index in [1.807, 2.05) is 42.5 Å². The molecule has 4 nitrogen and oxygen atoms in total. The number of nitrogens with one attached hydrogen (secondary N) is 2. The normalized spacial score (nSPS) is 9.91. The van der Waals surface area contributed by atoms with Gasteiger partial charge in [-0.2, -0.15) is 0 Å². The lowest BCUT2D eigenvalue weighted by atomic mass is 10.2. The minimum atomic E-state index is -0.217. The molecule has 0 unspecified atom stereocenters. The number of thiocarbonyl (C=S) groups is 1. The van der Waals surface area contributed by atoms with Gasteiger partial charge in [-0.25, -0.2) is 0 Å². The lowest BCUT2D eigenvalue weighted by molar-refractivity contribution is 0.0976. The molecule has 0 aliphatic carbocycles. The zero-order valence-corrected chi connectivity index (χ0v) is 14.9. The molecule has 2 N–H and O–H groups in total. The number of halogens is 1. The topological polar surface area (TPSA) is 50.4 Å². The molecule has 1 amide bonds. The lowest BCUT2D eigenvalue weighted by Crippen LogP contribution is -2.38. The average molecular weight is 426 g/mol. The molecule has 0 bridgehead atoms. The quantitative estimate of drug-likeness (QED) is 0.583. The van der Waals surface area contributed by atoms with E-state index in [0.29, 0.717) is 17.2 Å². The van der Waals surface area contributed by atoms with E-state index in [1.54, 1.807) is 13.2 Å². The third kappa shape index (κ3) is 4.96. The predicted octanol–water partition coefficient (Wildman–Crippen LogP) is 3.10. The molecule has 0 fully saturated rings. The van der Waals surface area contributed by atoms with Gasteiger partial charge in [0.1, 0.15) is 5.75 Å². The first-order valence-corrected chi connectivity index (χ1v) is 8.05. The van der Waals surface area contributed by atoms with E-state index in [1.165, 1.54) is 0 Å². The summed E-state index contributed by atoms with van der Waals surface area (Å²) in [4.78, 5) is 12.0. The van der Waals surface area contributed by atoms with Crippen LogP contribution >= 0.6 is 34.8 Å². The molecular formula is C16H15IN2O2S. The molecule has 22 heavy (non-hydrogen) atoms. The van der Waals surface area contributed by atoms with E-state index >= 15 is 0 Å². The van der Waals surface area contributed by atoms with Crippen molar-refractivity contribution in [2.45, 2.75) is 6.54 Å². The molecule has 0 heterocycles. The summed E-state index contributed by atoms with van der Waals surface area (Å²) in [5, 5.41) is 5.98. The van der Waals surface area contributed by atoms with Gasteiger partial charge in [0.25, 0.3) is 5.91 Å². The molecule has 0 aliphatic heterocycles. The van der Waals surface area contributed by atoms with Crippen molar-refractivity contribution in [1.29, 1.82) is 0 Å². The summed E-state index contributed by atoms with van der Waals surface area (Å²) < 4.78 is 6.10. The van der Waals surface area contributed by atoms with Crippen molar-refractivity contribution in [2.75, 3.05) is 7.11 Å². The maximum absolute atomic E-state index is 12.0. The molecule has 2 aromatic rings. The Morgan fingerprint density at radius 3 is 2.59 bits per heavy atom. The number of methoxy groups -OCH3 is 1. The van der Waals surface area contributed by atoms with E-state index < -0.39 is 0 Å². The Hall–Kier alpha value is -1.67. The number of hydrogen-bond acceptors (Lipinski definition) is 3. The summed E-state index contributed by atoms with van der Waals surface area (Å²) in [7, 11) is 1.63. The monoisotopic (exact) mass is 426 g/mol. The van der Waals surface area contributed by atoms with E-state index in [-0.39, 0.29) is 5.91 Å². The smallest absolute Gasteiger partial charge is 0.257 e. The van der Waals surface area contributed by atoms with Crippen molar-refractivity contribution in [3.8, 4) is 5.75 Å². The predicted molar refractivity (Wildman–Crippen MR) is 99.1 cm³/mol. The van der Waals surface area contributed by atoms with Gasteiger partial charge in [0, 0.05) is 15.7 Å². The van der Waals surface area contributed by atoms with Gasteiger partial charge in [0.15, 0.2) is 5.11 Å². The lowest BCUT2D eigenvalue weighted by Gasteiger charge is -2.10. The minimum Gasteiger partial charge on any atom is -0.497 e. The van der Waals surface area contributed by atoms with Crippen molar-refractivity contribution in [2.24, 2.45) is 0 Å². The van der Waals surface area contributed by atoms with E-state index in [4.69, 9.17) is 17.0 Å². The number of carbonyl (C=O) groups is 1. The highest BCUT2D eigenvalue weighted by Gasteiger charge is 2.07. The number of carbonyl (C=O) groups excluding carboxylic acids is 1. The molecule has 0 saturated carbocycles. The van der Waals surface area contributed by atoms with Crippen molar-refractivity contribution >= 4 is 45.8 Å². The molecule has 114 valence electrons. The largest absolute Gasteiger partial charge is 0.497 e. The zero-order valence-electron chi connectivity index (χ0n) is 11.9. The van der Waals surface area contributed by atoms with Gasteiger partial charge in [-0.3, -0.25) is 10.1 Å². The molecule has 0 atom stereocenters. The second kappa shape index (κ2) is 8.09. The first-order valence-electron chi connectivity index (χ1n) is 6.56. The van der Waals surface area contributed by atoms with Crippen molar-refractivity contribution in [1.82, 2.24) is 10.6 Å². The zero-order chi connectivity index (χ0) is 15.9. The van der Waals surface area contributed by atoms with Crippen LogP contribution in [0.5, 0.6) is 5.75 Å². The maximum atomic E-state index is 12.0. The molecule has 0 saturated heterocycles. The molecule has 2 rings (SSSR count). The number of hydrogen-bond donors (Lipinski definition) is 2. The minimum absolute atomic E-state index is 0.217. The Kier molecular flexibility index (Phi) is 6.14. The number of ether oxygens (including phenoxy) is 1. The Morgan fingerprint density at radius 2 is 1.95 bits per heavy atom. The summed E-state index contributed by atoms with van der Waals surface area (Å²) in [5.41, 5.74) is 1.63. The van der Waals surface area contributed by atoms with Gasteiger partial charge in [0.2, 0.25) is 0 Å². The first kappa shape index (κ1) is 16.7. The Balaban J connectivity index is 1.85. The van der Waals surface area contributed by atoms with Crippen LogP contribution in [0.1, 0.15) is 15.9 Å². The van der Waals surface area contributed by atoms with Gasteiger partial charge in [-0.1, -0.05) is 18.2 Å².